The molecule has 54 heavy (non-hydrogen) atoms. The highest BCUT2D eigenvalue weighted by molar-refractivity contribution is 14.1. The van der Waals surface area contributed by atoms with Crippen LogP contribution in [0.1, 0.15) is 81.9 Å². The molecule has 0 radical (unpaired) electrons. The number of nitrogens with zero attached hydrogens (tertiary/aromatic N) is 4. The molecule has 5 aromatic rings. The fraction of sp³-hybridized carbons (Fsp3) is 0.317. The topological polar surface area (TPSA) is 148 Å². The van der Waals surface area contributed by atoms with Gasteiger partial charge in [0, 0.05) is 60.2 Å². The predicted octanol–water partition coefficient (Wildman–Crippen LogP) is 6.53. The number of benzene rings is 4. The van der Waals surface area contributed by atoms with Crippen LogP contribution in [-0.2, 0) is 30.0 Å². The first-order valence-electron chi connectivity index (χ1n) is 18.3. The Morgan fingerprint density at radius 1 is 0.944 bits per heavy atom. The number of amides is 3. The third kappa shape index (κ3) is 8.22. The molecule has 0 aliphatic carbocycles. The van der Waals surface area contributed by atoms with Crippen LogP contribution in [0, 0.1) is 3.57 Å². The second kappa shape index (κ2) is 16.8. The van der Waals surface area contributed by atoms with E-state index >= 15 is 0 Å². The van der Waals surface area contributed by atoms with Crippen LogP contribution in [0.25, 0.3) is 22.2 Å². The lowest BCUT2D eigenvalue weighted by Gasteiger charge is -2.36. The minimum Gasteiger partial charge on any atom is -0.337 e. The second-order valence-corrected chi connectivity index (χ2v) is 16.5. The standard InChI is InChI=1S/C41H45IN6O5S/c1-4-6-19-47(20-7-5-2)41(51)37-26-46(3)38(44-37)33-18-16-29(22-35(33)40(50)48-25-30-12-9-8-11-28(30)21-31(48)24-43)39(49)45-54(52,53)32-17-15-27-13-10-14-36(42)34(27)23-32/h8-18,22-23,26,31H,4-7,19-21,24-25,43H2,1-3H3,(H,45,49). The van der Waals surface area contributed by atoms with Crippen LogP contribution in [0.3, 0.4) is 0 Å². The van der Waals surface area contributed by atoms with Crippen LogP contribution in [0.5, 0.6) is 0 Å². The number of imidazole rings is 1. The second-order valence-electron chi connectivity index (χ2n) is 13.7. The number of halogens is 1. The number of hydrogen-bond donors (Lipinski definition) is 2. The van der Waals surface area contributed by atoms with Crippen molar-refractivity contribution in [1.82, 2.24) is 24.1 Å². The van der Waals surface area contributed by atoms with Gasteiger partial charge in [-0.15, -0.1) is 0 Å². The fourth-order valence-corrected chi connectivity index (χ4v) is 8.54. The van der Waals surface area contributed by atoms with Crippen molar-refractivity contribution in [3.8, 4) is 11.4 Å². The van der Waals surface area contributed by atoms with Gasteiger partial charge in [-0.05, 0) is 100 Å². The van der Waals surface area contributed by atoms with Crippen LogP contribution in [0.15, 0.2) is 90.0 Å². The number of carbonyl (C=O) groups excluding carboxylic acids is 3. The summed E-state index contributed by atoms with van der Waals surface area (Å²) in [7, 11) is -2.53. The van der Waals surface area contributed by atoms with Gasteiger partial charge in [0.05, 0.1) is 10.5 Å². The number of sulfonamides is 1. The number of hydrogen-bond acceptors (Lipinski definition) is 7. The summed E-state index contributed by atoms with van der Waals surface area (Å²) in [6, 6.07) is 22.4. The molecule has 13 heteroatoms. The summed E-state index contributed by atoms with van der Waals surface area (Å²) < 4.78 is 31.9. The molecule has 1 unspecified atom stereocenters. The van der Waals surface area contributed by atoms with Crippen LogP contribution in [0.2, 0.25) is 0 Å². The molecule has 0 fully saturated rings. The molecule has 0 saturated heterocycles. The Balaban J connectivity index is 1.39. The molecule has 1 aliphatic heterocycles. The highest BCUT2D eigenvalue weighted by Crippen LogP contribution is 2.31. The smallest absolute Gasteiger partial charge is 0.274 e. The molecule has 1 aliphatic rings. The van der Waals surface area contributed by atoms with Gasteiger partial charge in [-0.1, -0.05) is 69.2 Å². The van der Waals surface area contributed by atoms with Gasteiger partial charge in [0.25, 0.3) is 27.7 Å². The number of fused-ring (bicyclic) bond motifs is 2. The van der Waals surface area contributed by atoms with Crippen molar-refractivity contribution in [2.45, 2.75) is 63.4 Å². The highest BCUT2D eigenvalue weighted by Gasteiger charge is 2.33. The Bertz CT molecular complexity index is 2320. The number of aromatic nitrogens is 2. The van der Waals surface area contributed by atoms with Gasteiger partial charge in [0.2, 0.25) is 0 Å². The van der Waals surface area contributed by atoms with E-state index in [0.29, 0.717) is 37.4 Å². The Morgan fingerprint density at radius 2 is 1.67 bits per heavy atom. The number of carbonyl (C=O) groups is 3. The zero-order valence-electron chi connectivity index (χ0n) is 30.7. The fourth-order valence-electron chi connectivity index (χ4n) is 6.86. The summed E-state index contributed by atoms with van der Waals surface area (Å²) in [5.74, 6) is -1.11. The maximum absolute atomic E-state index is 14.7. The third-order valence-electron chi connectivity index (χ3n) is 9.93. The van der Waals surface area contributed by atoms with Crippen molar-refractivity contribution in [2.24, 2.45) is 12.8 Å². The quantitative estimate of drug-likeness (QED) is 0.128. The molecule has 282 valence electrons. The van der Waals surface area contributed by atoms with Crippen molar-refractivity contribution in [3.05, 3.63) is 117 Å². The molecule has 4 aromatic carbocycles. The van der Waals surface area contributed by atoms with E-state index < -0.39 is 15.9 Å². The van der Waals surface area contributed by atoms with E-state index in [1.54, 1.807) is 34.8 Å². The van der Waals surface area contributed by atoms with Crippen LogP contribution >= 0.6 is 22.6 Å². The van der Waals surface area contributed by atoms with E-state index in [-0.39, 0.29) is 46.1 Å². The van der Waals surface area contributed by atoms with E-state index in [2.05, 4.69) is 41.2 Å². The zero-order chi connectivity index (χ0) is 38.6. The van der Waals surface area contributed by atoms with Gasteiger partial charge >= 0.3 is 0 Å². The van der Waals surface area contributed by atoms with Crippen molar-refractivity contribution < 1.29 is 22.8 Å². The molecule has 0 saturated carbocycles. The Labute approximate surface area is 330 Å². The van der Waals surface area contributed by atoms with Gasteiger partial charge in [0.1, 0.15) is 11.5 Å². The molecule has 1 aromatic heterocycles. The first-order chi connectivity index (χ1) is 25.9. The monoisotopic (exact) mass is 860 g/mol. The Morgan fingerprint density at radius 3 is 2.37 bits per heavy atom. The average Bonchev–Trinajstić information content (AvgIpc) is 3.57. The van der Waals surface area contributed by atoms with E-state index in [9.17, 15) is 22.8 Å². The summed E-state index contributed by atoms with van der Waals surface area (Å²) in [6.07, 6.45) is 5.85. The predicted molar refractivity (Wildman–Crippen MR) is 219 cm³/mol. The molecule has 11 nitrogen and oxygen atoms in total. The molecule has 1 atom stereocenters. The summed E-state index contributed by atoms with van der Waals surface area (Å²) in [5, 5.41) is 1.62. The normalized spacial score (nSPS) is 14.2. The van der Waals surface area contributed by atoms with E-state index in [0.717, 1.165) is 51.2 Å². The lowest BCUT2D eigenvalue weighted by Crippen LogP contribution is -2.48. The first-order valence-corrected chi connectivity index (χ1v) is 20.8. The average molecular weight is 861 g/mol. The number of rotatable bonds is 13. The van der Waals surface area contributed by atoms with Gasteiger partial charge in [-0.2, -0.15) is 0 Å². The lowest BCUT2D eigenvalue weighted by atomic mass is 9.92. The van der Waals surface area contributed by atoms with Gasteiger partial charge < -0.3 is 20.1 Å². The summed E-state index contributed by atoms with van der Waals surface area (Å²) in [5.41, 5.74) is 9.10. The summed E-state index contributed by atoms with van der Waals surface area (Å²) >= 11 is 2.14. The lowest BCUT2D eigenvalue weighted by molar-refractivity contribution is 0.0648. The largest absolute Gasteiger partial charge is 0.337 e. The van der Waals surface area contributed by atoms with E-state index in [1.807, 2.05) is 47.4 Å². The van der Waals surface area contributed by atoms with Gasteiger partial charge in [-0.3, -0.25) is 14.4 Å². The van der Waals surface area contributed by atoms with E-state index in [4.69, 9.17) is 10.7 Å². The molecule has 6 rings (SSSR count). The number of aryl methyl sites for hydroxylation is 1. The van der Waals surface area contributed by atoms with Crippen molar-refractivity contribution in [1.29, 1.82) is 0 Å². The summed E-state index contributed by atoms with van der Waals surface area (Å²) in [4.78, 5) is 50.4. The van der Waals surface area contributed by atoms with E-state index in [1.165, 1.54) is 24.3 Å². The minimum atomic E-state index is -4.29. The molecule has 3 amide bonds. The first kappa shape index (κ1) is 39.1. The van der Waals surface area contributed by atoms with Crippen LogP contribution in [0.4, 0.5) is 0 Å². The van der Waals surface area contributed by atoms with Gasteiger partial charge in [-0.25, -0.2) is 18.1 Å². The van der Waals surface area contributed by atoms with Crippen molar-refractivity contribution in [2.75, 3.05) is 19.6 Å². The number of nitrogens with one attached hydrogen (secondary N) is 1. The maximum Gasteiger partial charge on any atom is 0.274 e. The van der Waals surface area contributed by atoms with Crippen LogP contribution < -0.4 is 10.5 Å². The molecule has 3 N–H and O–H groups in total. The molecule has 0 spiro atoms. The number of unbranched alkanes of at least 4 members (excludes halogenated alkanes) is 2. The highest BCUT2D eigenvalue weighted by atomic mass is 127. The molecular formula is C41H45IN6O5S. The molecular weight excluding hydrogens is 815 g/mol. The Hall–Kier alpha value is -4.60. The van der Waals surface area contributed by atoms with Crippen molar-refractivity contribution in [3.63, 3.8) is 0 Å². The minimum absolute atomic E-state index is 0.0291. The van der Waals surface area contributed by atoms with Crippen molar-refractivity contribution >= 4 is 61.1 Å². The summed E-state index contributed by atoms with van der Waals surface area (Å²) in [6.45, 7) is 5.92. The maximum atomic E-state index is 14.7. The Kier molecular flexibility index (Phi) is 12.2. The third-order valence-corrected chi connectivity index (χ3v) is 12.2. The molecule has 2 heterocycles. The zero-order valence-corrected chi connectivity index (χ0v) is 33.7. The number of nitrogens with two attached hydrogens (primary N) is 1. The SMILES string of the molecule is CCCCN(CCCC)C(=O)c1cn(C)c(-c2ccc(C(=O)NS(=O)(=O)c3ccc4cccc(I)c4c3)cc2C(=O)N2Cc3ccccc3CC2CN)n1. The molecule has 0 bridgehead atoms. The van der Waals surface area contributed by atoms with Gasteiger partial charge in [0.15, 0.2) is 0 Å². The van der Waals surface area contributed by atoms with Crippen LogP contribution in [-0.4, -0.2) is 71.2 Å².